The van der Waals surface area contributed by atoms with Gasteiger partial charge in [0.05, 0.1) is 20.3 Å². The van der Waals surface area contributed by atoms with Crippen molar-refractivity contribution in [2.45, 2.75) is 63.3 Å². The third-order valence-corrected chi connectivity index (χ3v) is 4.34. The number of carbonyl (C=O) groups excluding carboxylic acids is 1. The Morgan fingerprint density at radius 3 is 2.43 bits per heavy atom. The Bertz CT molecular complexity index is 336. The smallest absolute Gasteiger partial charge is 0.343 e. The predicted molar refractivity (Wildman–Crippen MR) is 84.1 cm³/mol. The van der Waals surface area contributed by atoms with Crippen molar-refractivity contribution in [1.29, 1.82) is 0 Å². The third-order valence-electron chi connectivity index (χ3n) is 4.34. The molecule has 23 heavy (non-hydrogen) atoms. The van der Waals surface area contributed by atoms with Gasteiger partial charge in [0.2, 0.25) is 5.60 Å². The first-order chi connectivity index (χ1) is 11.3. The Kier molecular flexibility index (Phi) is 8.30. The number of esters is 1. The fourth-order valence-electron chi connectivity index (χ4n) is 2.79. The third kappa shape index (κ3) is 6.03. The molecule has 2 heterocycles. The maximum Gasteiger partial charge on any atom is 0.343 e. The number of hydrogen-bond donors (Lipinski definition) is 0. The summed E-state index contributed by atoms with van der Waals surface area (Å²) >= 11 is 0. The molecule has 2 fully saturated rings. The molecule has 0 radical (unpaired) electrons. The van der Waals surface area contributed by atoms with Gasteiger partial charge in [0.25, 0.3) is 0 Å². The van der Waals surface area contributed by atoms with Gasteiger partial charge in [-0.05, 0) is 32.1 Å². The molecular formula is C17H30O6. The molecule has 2 saturated heterocycles. The van der Waals surface area contributed by atoms with Crippen LogP contribution in [0.25, 0.3) is 0 Å². The molecule has 0 aliphatic carbocycles. The van der Waals surface area contributed by atoms with E-state index < -0.39 is 5.60 Å². The van der Waals surface area contributed by atoms with Crippen LogP contribution in [0.15, 0.2) is 0 Å². The number of carbonyl (C=O) groups is 1. The van der Waals surface area contributed by atoms with Gasteiger partial charge in [-0.1, -0.05) is 19.3 Å². The van der Waals surface area contributed by atoms with Crippen LogP contribution in [0.4, 0.5) is 0 Å². The summed E-state index contributed by atoms with van der Waals surface area (Å²) in [5.41, 5.74) is -0.845. The van der Waals surface area contributed by atoms with E-state index in [9.17, 15) is 4.79 Å². The van der Waals surface area contributed by atoms with E-state index in [1.807, 2.05) is 0 Å². The zero-order valence-corrected chi connectivity index (χ0v) is 14.2. The number of unbranched alkanes of at least 4 members (excludes halogenated alkanes) is 4. The summed E-state index contributed by atoms with van der Waals surface area (Å²) in [5.74, 6) is -0.328. The van der Waals surface area contributed by atoms with Gasteiger partial charge in [0.1, 0.15) is 0 Å². The zero-order valence-electron chi connectivity index (χ0n) is 14.2. The first-order valence-corrected chi connectivity index (χ1v) is 8.80. The Hall–Kier alpha value is -0.690. The maximum absolute atomic E-state index is 11.6. The van der Waals surface area contributed by atoms with Crippen molar-refractivity contribution < 1.29 is 28.5 Å². The van der Waals surface area contributed by atoms with Gasteiger partial charge >= 0.3 is 5.97 Å². The Labute approximate surface area is 138 Å². The lowest BCUT2D eigenvalue weighted by molar-refractivity contribution is -0.226. The Balaban J connectivity index is 1.40. The summed E-state index contributed by atoms with van der Waals surface area (Å²) in [7, 11) is 1.38. The zero-order chi connectivity index (χ0) is 16.4. The van der Waals surface area contributed by atoms with Gasteiger partial charge in [0, 0.05) is 19.8 Å². The van der Waals surface area contributed by atoms with Crippen LogP contribution in [0, 0.1) is 0 Å². The minimum absolute atomic E-state index is 0.0244. The molecule has 2 aliphatic rings. The van der Waals surface area contributed by atoms with Crippen LogP contribution >= 0.6 is 0 Å². The number of ether oxygens (including phenoxy) is 5. The van der Waals surface area contributed by atoms with Gasteiger partial charge in [-0.2, -0.15) is 0 Å². The van der Waals surface area contributed by atoms with Crippen molar-refractivity contribution >= 4 is 5.97 Å². The largest absolute Gasteiger partial charge is 0.467 e. The molecule has 0 aromatic heterocycles. The van der Waals surface area contributed by atoms with Crippen LogP contribution in [-0.2, 0) is 28.5 Å². The molecule has 6 nitrogen and oxygen atoms in total. The minimum Gasteiger partial charge on any atom is -0.467 e. The summed E-state index contributed by atoms with van der Waals surface area (Å²) < 4.78 is 26.8. The fourth-order valence-corrected chi connectivity index (χ4v) is 2.79. The Morgan fingerprint density at radius 2 is 1.83 bits per heavy atom. The summed E-state index contributed by atoms with van der Waals surface area (Å²) in [4.78, 5) is 11.6. The van der Waals surface area contributed by atoms with E-state index in [0.717, 1.165) is 58.2 Å². The average molecular weight is 330 g/mol. The van der Waals surface area contributed by atoms with Crippen LogP contribution in [0.3, 0.4) is 0 Å². The summed E-state index contributed by atoms with van der Waals surface area (Å²) in [5, 5.41) is 0. The van der Waals surface area contributed by atoms with E-state index in [-0.39, 0.29) is 12.3 Å². The lowest BCUT2D eigenvalue weighted by Gasteiger charge is -2.38. The standard InChI is InChI=1S/C17H30O6/c1-19-16(18)17(13-20-14-17)23-12-7-4-2-3-6-10-21-15-9-5-8-11-22-15/h15H,2-14H2,1H3. The topological polar surface area (TPSA) is 63.2 Å². The van der Waals surface area contributed by atoms with E-state index in [1.54, 1.807) is 0 Å². The highest BCUT2D eigenvalue weighted by atomic mass is 16.7. The second-order valence-electron chi connectivity index (χ2n) is 6.26. The maximum atomic E-state index is 11.6. The van der Waals surface area contributed by atoms with Crippen LogP contribution in [0.5, 0.6) is 0 Å². The molecule has 1 atom stereocenters. The molecule has 2 aliphatic heterocycles. The molecule has 0 aromatic rings. The van der Waals surface area contributed by atoms with E-state index in [1.165, 1.54) is 13.5 Å². The molecule has 1 unspecified atom stereocenters. The predicted octanol–water partition coefficient (Wildman–Crippen LogP) is 2.44. The summed E-state index contributed by atoms with van der Waals surface area (Å²) in [6, 6.07) is 0. The van der Waals surface area contributed by atoms with Gasteiger partial charge in [-0.3, -0.25) is 0 Å². The molecule has 134 valence electrons. The van der Waals surface area contributed by atoms with Gasteiger partial charge in [0.15, 0.2) is 6.29 Å². The molecule has 0 amide bonds. The van der Waals surface area contributed by atoms with Crippen LogP contribution < -0.4 is 0 Å². The van der Waals surface area contributed by atoms with Crippen molar-refractivity contribution in [2.75, 3.05) is 40.1 Å². The molecule has 0 aromatic carbocycles. The van der Waals surface area contributed by atoms with Crippen LogP contribution in [0.2, 0.25) is 0 Å². The number of hydrogen-bond acceptors (Lipinski definition) is 6. The minimum atomic E-state index is -0.845. The SMILES string of the molecule is COC(=O)C1(OCCCCCCCOC2CCCCO2)COC1. The highest BCUT2D eigenvalue weighted by Crippen LogP contribution is 2.24. The molecule has 6 heteroatoms. The molecular weight excluding hydrogens is 300 g/mol. The molecule has 0 saturated carbocycles. The van der Waals surface area contributed by atoms with Gasteiger partial charge in [-0.25, -0.2) is 4.79 Å². The highest BCUT2D eigenvalue weighted by molar-refractivity contribution is 5.80. The normalized spacial score (nSPS) is 23.3. The molecule has 0 spiro atoms. The fraction of sp³-hybridized carbons (Fsp3) is 0.941. The van der Waals surface area contributed by atoms with E-state index in [4.69, 9.17) is 23.7 Å². The first kappa shape index (κ1) is 18.6. The van der Waals surface area contributed by atoms with E-state index in [2.05, 4.69) is 0 Å². The highest BCUT2D eigenvalue weighted by Gasteiger charge is 2.48. The van der Waals surface area contributed by atoms with Crippen molar-refractivity contribution in [2.24, 2.45) is 0 Å². The summed E-state index contributed by atoms with van der Waals surface area (Å²) in [6.07, 6.45) is 8.84. The number of rotatable bonds is 11. The lowest BCUT2D eigenvalue weighted by Crippen LogP contribution is -2.58. The average Bonchev–Trinajstić information content (AvgIpc) is 2.55. The van der Waals surface area contributed by atoms with Crippen LogP contribution in [0.1, 0.15) is 51.4 Å². The van der Waals surface area contributed by atoms with Gasteiger partial charge in [-0.15, -0.1) is 0 Å². The van der Waals surface area contributed by atoms with E-state index in [0.29, 0.717) is 19.8 Å². The second-order valence-corrected chi connectivity index (χ2v) is 6.26. The lowest BCUT2D eigenvalue weighted by atomic mass is 10.0. The van der Waals surface area contributed by atoms with Crippen molar-refractivity contribution in [3.05, 3.63) is 0 Å². The van der Waals surface area contributed by atoms with Gasteiger partial charge < -0.3 is 23.7 Å². The van der Waals surface area contributed by atoms with E-state index >= 15 is 0 Å². The monoisotopic (exact) mass is 330 g/mol. The summed E-state index contributed by atoms with van der Waals surface area (Å²) in [6.45, 7) is 2.80. The van der Waals surface area contributed by atoms with Crippen molar-refractivity contribution in [3.8, 4) is 0 Å². The molecule has 2 rings (SSSR count). The first-order valence-electron chi connectivity index (χ1n) is 8.80. The second kappa shape index (κ2) is 10.2. The quantitative estimate of drug-likeness (QED) is 0.428. The Morgan fingerprint density at radius 1 is 1.09 bits per heavy atom. The molecule has 0 N–H and O–H groups in total. The van der Waals surface area contributed by atoms with Crippen LogP contribution in [-0.4, -0.2) is 58.0 Å². The molecule has 0 bridgehead atoms. The van der Waals surface area contributed by atoms with Crippen molar-refractivity contribution in [3.63, 3.8) is 0 Å². The van der Waals surface area contributed by atoms with Crippen molar-refractivity contribution in [1.82, 2.24) is 0 Å². The number of methoxy groups -OCH3 is 1.